The van der Waals surface area contributed by atoms with E-state index in [0.29, 0.717) is 6.04 Å². The number of rotatable bonds is 7. The molecule has 4 heteroatoms. The average molecular weight is 216 g/mol. The molecule has 0 spiro atoms. The quantitative estimate of drug-likeness (QED) is 0.628. The summed E-state index contributed by atoms with van der Waals surface area (Å²) in [5.41, 5.74) is 6.04. The van der Waals surface area contributed by atoms with Gasteiger partial charge in [-0.1, -0.05) is 0 Å². The van der Waals surface area contributed by atoms with E-state index in [1.165, 1.54) is 0 Å². The number of hydrogen-bond acceptors (Lipinski definition) is 4. The molecule has 2 atom stereocenters. The van der Waals surface area contributed by atoms with Gasteiger partial charge in [-0.05, 0) is 26.3 Å². The fourth-order valence-corrected chi connectivity index (χ4v) is 1.97. The minimum absolute atomic E-state index is 0.255. The Morgan fingerprint density at radius 3 is 3.00 bits per heavy atom. The molecule has 1 rings (SSSR count). The van der Waals surface area contributed by atoms with Crippen LogP contribution in [0.5, 0.6) is 0 Å². The normalized spacial score (nSPS) is 23.6. The van der Waals surface area contributed by atoms with Gasteiger partial charge in [-0.25, -0.2) is 0 Å². The Labute approximate surface area is 92.7 Å². The topological polar surface area (TPSA) is 47.7 Å². The summed E-state index contributed by atoms with van der Waals surface area (Å²) in [6.45, 7) is 3.52. The van der Waals surface area contributed by atoms with Gasteiger partial charge < -0.3 is 15.2 Å². The zero-order valence-corrected chi connectivity index (χ0v) is 9.95. The van der Waals surface area contributed by atoms with E-state index >= 15 is 0 Å². The highest BCUT2D eigenvalue weighted by Crippen LogP contribution is 2.11. The van der Waals surface area contributed by atoms with Crippen LogP contribution in [0.2, 0.25) is 0 Å². The smallest absolute Gasteiger partial charge is 0.0622 e. The lowest BCUT2D eigenvalue weighted by atomic mass is 10.1. The van der Waals surface area contributed by atoms with Crippen molar-refractivity contribution < 1.29 is 9.47 Å². The zero-order chi connectivity index (χ0) is 11.1. The van der Waals surface area contributed by atoms with E-state index in [-0.39, 0.29) is 6.04 Å². The predicted molar refractivity (Wildman–Crippen MR) is 60.9 cm³/mol. The maximum atomic E-state index is 6.04. The van der Waals surface area contributed by atoms with E-state index in [4.69, 9.17) is 15.2 Å². The summed E-state index contributed by atoms with van der Waals surface area (Å²) < 4.78 is 10.4. The zero-order valence-electron chi connectivity index (χ0n) is 9.95. The number of nitrogens with two attached hydrogens (primary N) is 1. The first kappa shape index (κ1) is 12.9. The summed E-state index contributed by atoms with van der Waals surface area (Å²) in [4.78, 5) is 2.32. The van der Waals surface area contributed by atoms with Crippen LogP contribution in [0, 0.1) is 0 Å². The summed E-state index contributed by atoms with van der Waals surface area (Å²) in [7, 11) is 3.86. The van der Waals surface area contributed by atoms with Crippen molar-refractivity contribution in [3.63, 3.8) is 0 Å². The first-order valence-corrected chi connectivity index (χ1v) is 5.76. The second-order valence-electron chi connectivity index (χ2n) is 4.35. The maximum Gasteiger partial charge on any atom is 0.0622 e. The predicted octanol–water partition coefficient (Wildman–Crippen LogP) is 0.461. The second kappa shape index (κ2) is 7.17. The third-order valence-electron chi connectivity index (χ3n) is 2.97. The molecule has 1 aliphatic rings. The minimum atomic E-state index is 0.255. The molecule has 0 amide bonds. The molecule has 0 aromatic carbocycles. The van der Waals surface area contributed by atoms with Gasteiger partial charge >= 0.3 is 0 Å². The molecule has 0 aromatic heterocycles. The first-order valence-electron chi connectivity index (χ1n) is 5.76. The van der Waals surface area contributed by atoms with Gasteiger partial charge in [0.1, 0.15) is 0 Å². The van der Waals surface area contributed by atoms with Crippen LogP contribution in [-0.4, -0.2) is 57.5 Å². The molecule has 90 valence electrons. The molecule has 1 aliphatic heterocycles. The van der Waals surface area contributed by atoms with Gasteiger partial charge in [0, 0.05) is 39.0 Å². The molecule has 0 bridgehead atoms. The standard InChI is InChI=1S/C11H24N2O2/c1-13(11-5-7-15-9-11)8-10(12)4-3-6-14-2/h10-11H,3-9,12H2,1-2H3. The molecule has 0 aliphatic carbocycles. The molecule has 0 aromatic rings. The van der Waals surface area contributed by atoms with Crippen LogP contribution >= 0.6 is 0 Å². The molecular formula is C11H24N2O2. The molecule has 1 heterocycles. The Bertz CT molecular complexity index is 161. The van der Waals surface area contributed by atoms with E-state index in [0.717, 1.165) is 45.6 Å². The van der Waals surface area contributed by atoms with Crippen LogP contribution in [0.4, 0.5) is 0 Å². The van der Waals surface area contributed by atoms with Crippen molar-refractivity contribution >= 4 is 0 Å². The van der Waals surface area contributed by atoms with Crippen molar-refractivity contribution in [2.45, 2.75) is 31.3 Å². The highest BCUT2D eigenvalue weighted by atomic mass is 16.5. The summed E-state index contributed by atoms with van der Waals surface area (Å²) in [6, 6.07) is 0.823. The molecule has 15 heavy (non-hydrogen) atoms. The van der Waals surface area contributed by atoms with Crippen molar-refractivity contribution in [1.82, 2.24) is 4.90 Å². The van der Waals surface area contributed by atoms with Gasteiger partial charge in [0.2, 0.25) is 0 Å². The lowest BCUT2D eigenvalue weighted by molar-refractivity contribution is 0.152. The largest absolute Gasteiger partial charge is 0.385 e. The monoisotopic (exact) mass is 216 g/mol. The Kier molecular flexibility index (Phi) is 6.17. The Morgan fingerprint density at radius 1 is 1.60 bits per heavy atom. The number of methoxy groups -OCH3 is 1. The average Bonchev–Trinajstić information content (AvgIpc) is 2.70. The molecule has 1 saturated heterocycles. The van der Waals surface area contributed by atoms with Gasteiger partial charge in [0.25, 0.3) is 0 Å². The summed E-state index contributed by atoms with van der Waals surface area (Å²) in [6.07, 6.45) is 3.22. The van der Waals surface area contributed by atoms with Crippen LogP contribution < -0.4 is 5.73 Å². The van der Waals surface area contributed by atoms with Crippen LogP contribution in [0.15, 0.2) is 0 Å². The van der Waals surface area contributed by atoms with Crippen LogP contribution in [0.1, 0.15) is 19.3 Å². The van der Waals surface area contributed by atoms with Crippen LogP contribution in [0.25, 0.3) is 0 Å². The molecule has 4 nitrogen and oxygen atoms in total. The highest BCUT2D eigenvalue weighted by molar-refractivity contribution is 4.76. The van der Waals surface area contributed by atoms with Crippen LogP contribution in [-0.2, 0) is 9.47 Å². The molecule has 2 N–H and O–H groups in total. The molecule has 0 saturated carbocycles. The third kappa shape index (κ3) is 4.93. The van der Waals surface area contributed by atoms with Crippen LogP contribution in [0.3, 0.4) is 0 Å². The van der Waals surface area contributed by atoms with Gasteiger partial charge in [0.05, 0.1) is 6.61 Å². The fourth-order valence-electron chi connectivity index (χ4n) is 1.97. The van der Waals surface area contributed by atoms with Gasteiger partial charge in [-0.3, -0.25) is 4.90 Å². The third-order valence-corrected chi connectivity index (χ3v) is 2.97. The van der Waals surface area contributed by atoms with E-state index in [1.54, 1.807) is 7.11 Å². The Balaban J connectivity index is 2.10. The molecular weight excluding hydrogens is 192 g/mol. The number of likely N-dealkylation sites (N-methyl/N-ethyl adjacent to an activating group) is 1. The second-order valence-corrected chi connectivity index (χ2v) is 4.35. The van der Waals surface area contributed by atoms with Crippen molar-refractivity contribution in [2.24, 2.45) is 5.73 Å². The fraction of sp³-hybridized carbons (Fsp3) is 1.00. The van der Waals surface area contributed by atoms with Gasteiger partial charge in [0.15, 0.2) is 0 Å². The van der Waals surface area contributed by atoms with E-state index in [2.05, 4.69) is 11.9 Å². The lowest BCUT2D eigenvalue weighted by Gasteiger charge is -2.26. The summed E-state index contributed by atoms with van der Waals surface area (Å²) in [5, 5.41) is 0. The number of nitrogens with zero attached hydrogens (tertiary/aromatic N) is 1. The molecule has 2 unspecified atom stereocenters. The Hall–Kier alpha value is -0.160. The number of hydrogen-bond donors (Lipinski definition) is 1. The highest BCUT2D eigenvalue weighted by Gasteiger charge is 2.21. The minimum Gasteiger partial charge on any atom is -0.385 e. The van der Waals surface area contributed by atoms with Crippen molar-refractivity contribution in [3.8, 4) is 0 Å². The van der Waals surface area contributed by atoms with Crippen molar-refractivity contribution in [3.05, 3.63) is 0 Å². The van der Waals surface area contributed by atoms with Crippen molar-refractivity contribution in [2.75, 3.05) is 40.5 Å². The van der Waals surface area contributed by atoms with Crippen molar-refractivity contribution in [1.29, 1.82) is 0 Å². The summed E-state index contributed by atoms with van der Waals surface area (Å²) >= 11 is 0. The van der Waals surface area contributed by atoms with Gasteiger partial charge in [-0.15, -0.1) is 0 Å². The SMILES string of the molecule is COCCCC(N)CN(C)C1CCOC1. The first-order chi connectivity index (χ1) is 7.24. The summed E-state index contributed by atoms with van der Waals surface area (Å²) in [5.74, 6) is 0. The van der Waals surface area contributed by atoms with E-state index < -0.39 is 0 Å². The van der Waals surface area contributed by atoms with E-state index in [9.17, 15) is 0 Å². The number of ether oxygens (including phenoxy) is 2. The molecule has 1 fully saturated rings. The molecule has 0 radical (unpaired) electrons. The Morgan fingerprint density at radius 2 is 2.40 bits per heavy atom. The maximum absolute atomic E-state index is 6.04. The van der Waals surface area contributed by atoms with Gasteiger partial charge in [-0.2, -0.15) is 0 Å². The van der Waals surface area contributed by atoms with E-state index in [1.807, 2.05) is 0 Å². The lowest BCUT2D eigenvalue weighted by Crippen LogP contribution is -2.41.